The lowest BCUT2D eigenvalue weighted by molar-refractivity contribution is -0.118. The SMILES string of the molecule is C=C=C(OCOC)C(=O)/C(=C/CCO[Si](C(C)C)(C(C)C)C(C)C)CCO. The number of ether oxygens (including phenoxy) is 2. The van der Waals surface area contributed by atoms with Crippen LogP contribution < -0.4 is 0 Å². The van der Waals surface area contributed by atoms with Crippen LogP contribution in [0.4, 0.5) is 0 Å². The van der Waals surface area contributed by atoms with Crippen molar-refractivity contribution >= 4 is 14.1 Å². The average Bonchev–Trinajstić information content (AvgIpc) is 2.60. The number of methoxy groups -OCH3 is 1. The first kappa shape index (κ1) is 25.8. The lowest BCUT2D eigenvalue weighted by Crippen LogP contribution is -2.47. The van der Waals surface area contributed by atoms with Crippen molar-refractivity contribution < 1.29 is 23.8 Å². The largest absolute Gasteiger partial charge is 0.456 e. The molecule has 0 spiro atoms. The van der Waals surface area contributed by atoms with E-state index in [1.54, 1.807) is 0 Å². The first-order valence-corrected chi connectivity index (χ1v) is 11.8. The zero-order valence-electron chi connectivity index (χ0n) is 18.1. The lowest BCUT2D eigenvalue weighted by Gasteiger charge is -2.42. The molecule has 0 radical (unpaired) electrons. The van der Waals surface area contributed by atoms with E-state index in [1.165, 1.54) is 7.11 Å². The first-order chi connectivity index (χ1) is 12.7. The monoisotopic (exact) mass is 398 g/mol. The van der Waals surface area contributed by atoms with Crippen molar-refractivity contribution in [3.63, 3.8) is 0 Å². The second kappa shape index (κ2) is 13.1. The highest BCUT2D eigenvalue weighted by molar-refractivity contribution is 6.77. The van der Waals surface area contributed by atoms with Crippen molar-refractivity contribution in [3.05, 3.63) is 29.7 Å². The van der Waals surface area contributed by atoms with Crippen molar-refractivity contribution in [3.8, 4) is 0 Å². The molecule has 27 heavy (non-hydrogen) atoms. The Labute approximate surface area is 166 Å². The third-order valence-electron chi connectivity index (χ3n) is 4.93. The molecule has 1 N–H and O–H groups in total. The fourth-order valence-corrected chi connectivity index (χ4v) is 9.33. The highest BCUT2D eigenvalue weighted by Gasteiger charge is 2.44. The molecule has 5 nitrogen and oxygen atoms in total. The van der Waals surface area contributed by atoms with Gasteiger partial charge in [-0.15, -0.1) is 0 Å². The zero-order valence-corrected chi connectivity index (χ0v) is 19.1. The molecule has 0 aromatic rings. The number of aliphatic hydroxyl groups is 1. The van der Waals surface area contributed by atoms with Crippen molar-refractivity contribution in [2.24, 2.45) is 0 Å². The van der Waals surface area contributed by atoms with Crippen LogP contribution in [0.1, 0.15) is 54.4 Å². The van der Waals surface area contributed by atoms with Gasteiger partial charge in [-0.2, -0.15) is 0 Å². The van der Waals surface area contributed by atoms with E-state index in [9.17, 15) is 9.90 Å². The van der Waals surface area contributed by atoms with Crippen LogP contribution in [0.15, 0.2) is 29.7 Å². The van der Waals surface area contributed by atoms with E-state index in [0.717, 1.165) is 0 Å². The molecular weight excluding hydrogens is 360 g/mol. The maximum atomic E-state index is 12.6. The first-order valence-electron chi connectivity index (χ1n) is 9.69. The van der Waals surface area contributed by atoms with Crippen LogP contribution >= 0.6 is 0 Å². The highest BCUT2D eigenvalue weighted by atomic mass is 28.4. The Bertz CT molecular complexity index is 509. The van der Waals surface area contributed by atoms with Crippen LogP contribution in [0, 0.1) is 0 Å². The molecule has 6 heteroatoms. The van der Waals surface area contributed by atoms with E-state index in [-0.39, 0.29) is 31.4 Å². The minimum Gasteiger partial charge on any atom is -0.456 e. The van der Waals surface area contributed by atoms with Gasteiger partial charge in [-0.3, -0.25) is 4.79 Å². The maximum absolute atomic E-state index is 12.6. The van der Waals surface area contributed by atoms with Gasteiger partial charge < -0.3 is 19.0 Å². The van der Waals surface area contributed by atoms with Gasteiger partial charge in [0.05, 0.1) is 0 Å². The molecule has 0 aliphatic heterocycles. The van der Waals surface area contributed by atoms with Crippen LogP contribution in [0.5, 0.6) is 0 Å². The summed E-state index contributed by atoms with van der Waals surface area (Å²) >= 11 is 0. The third-order valence-corrected chi connectivity index (χ3v) is 11.0. The Kier molecular flexibility index (Phi) is 12.5. The Balaban J connectivity index is 5.18. The van der Waals surface area contributed by atoms with Crippen LogP contribution in [-0.2, 0) is 18.7 Å². The Morgan fingerprint density at radius 2 is 1.70 bits per heavy atom. The maximum Gasteiger partial charge on any atom is 0.231 e. The number of aliphatic hydroxyl groups excluding tert-OH is 1. The number of hydrogen-bond acceptors (Lipinski definition) is 5. The molecule has 0 saturated carbocycles. The summed E-state index contributed by atoms with van der Waals surface area (Å²) in [6, 6.07) is 0. The van der Waals surface area contributed by atoms with E-state index in [0.29, 0.717) is 35.2 Å². The summed E-state index contributed by atoms with van der Waals surface area (Å²) in [5, 5.41) is 9.29. The zero-order chi connectivity index (χ0) is 21.0. The van der Waals surface area contributed by atoms with E-state index in [1.807, 2.05) is 6.08 Å². The van der Waals surface area contributed by atoms with Gasteiger partial charge in [-0.1, -0.05) is 59.9 Å². The second-order valence-corrected chi connectivity index (χ2v) is 13.0. The Morgan fingerprint density at radius 3 is 2.11 bits per heavy atom. The van der Waals surface area contributed by atoms with Gasteiger partial charge in [-0.25, -0.2) is 0 Å². The number of hydrogen-bond donors (Lipinski definition) is 1. The summed E-state index contributed by atoms with van der Waals surface area (Å²) in [6.07, 6.45) is 2.68. The molecule has 0 aromatic heterocycles. The molecule has 0 amide bonds. The van der Waals surface area contributed by atoms with Gasteiger partial charge in [0.15, 0.2) is 15.1 Å². The summed E-state index contributed by atoms with van der Waals surface area (Å²) in [6.45, 7) is 17.4. The topological polar surface area (TPSA) is 65.0 Å². The third kappa shape index (κ3) is 7.39. The number of Topliss-reactive ketones (excluding diaryl/α,β-unsaturated/α-hetero) is 1. The molecule has 0 saturated heterocycles. The van der Waals surface area contributed by atoms with E-state index in [2.05, 4.69) is 53.9 Å². The van der Waals surface area contributed by atoms with Crippen LogP contribution in [0.3, 0.4) is 0 Å². The fourth-order valence-electron chi connectivity index (χ4n) is 3.86. The van der Waals surface area contributed by atoms with E-state index >= 15 is 0 Å². The molecule has 0 aromatic carbocycles. The van der Waals surface area contributed by atoms with Gasteiger partial charge in [-0.05, 0) is 29.5 Å². The molecule has 0 bridgehead atoms. The molecule has 0 unspecified atom stereocenters. The molecule has 0 heterocycles. The molecule has 156 valence electrons. The fraction of sp³-hybridized carbons (Fsp3) is 0.714. The summed E-state index contributed by atoms with van der Waals surface area (Å²) in [4.78, 5) is 12.6. The quantitative estimate of drug-likeness (QED) is 0.114. The normalized spacial score (nSPS) is 12.6. The van der Waals surface area contributed by atoms with Crippen molar-refractivity contribution in [1.82, 2.24) is 0 Å². The minimum absolute atomic E-state index is 0.00716. The van der Waals surface area contributed by atoms with Gasteiger partial charge in [0, 0.05) is 25.9 Å². The van der Waals surface area contributed by atoms with Crippen molar-refractivity contribution in [2.75, 3.05) is 27.1 Å². The van der Waals surface area contributed by atoms with E-state index < -0.39 is 8.32 Å². The summed E-state index contributed by atoms with van der Waals surface area (Å²) in [7, 11) is -0.450. The predicted molar refractivity (Wildman–Crippen MR) is 112 cm³/mol. The predicted octanol–water partition coefficient (Wildman–Crippen LogP) is 4.74. The van der Waals surface area contributed by atoms with Crippen molar-refractivity contribution in [2.45, 2.75) is 71.0 Å². The average molecular weight is 399 g/mol. The lowest BCUT2D eigenvalue weighted by atomic mass is 10.1. The Hall–Kier alpha value is -1.17. The molecule has 0 aliphatic carbocycles. The number of ketones is 1. The summed E-state index contributed by atoms with van der Waals surface area (Å²) in [5.74, 6) is -0.316. The molecule has 0 aliphatic rings. The molecule has 0 rings (SSSR count). The van der Waals surface area contributed by atoms with Gasteiger partial charge in [0.2, 0.25) is 11.5 Å². The summed E-state index contributed by atoms with van der Waals surface area (Å²) < 4.78 is 16.5. The van der Waals surface area contributed by atoms with Crippen LogP contribution in [0.2, 0.25) is 16.6 Å². The van der Waals surface area contributed by atoms with Crippen LogP contribution in [0.25, 0.3) is 0 Å². The molecular formula is C21H38O5Si. The number of allylic oxidation sites excluding steroid dienone is 1. The van der Waals surface area contributed by atoms with E-state index in [4.69, 9.17) is 13.9 Å². The minimum atomic E-state index is -1.92. The summed E-state index contributed by atoms with van der Waals surface area (Å²) in [5.41, 5.74) is 4.52. The molecule has 0 fully saturated rings. The number of carbonyl (C=O) groups excluding carboxylic acids is 1. The van der Waals surface area contributed by atoms with Crippen molar-refractivity contribution in [1.29, 1.82) is 0 Å². The van der Waals surface area contributed by atoms with Gasteiger partial charge >= 0.3 is 0 Å². The number of carbonyl (C=O) groups is 1. The smallest absolute Gasteiger partial charge is 0.231 e. The second-order valence-electron chi connectivity index (χ2n) is 7.54. The van der Waals surface area contributed by atoms with Gasteiger partial charge in [0.1, 0.15) is 0 Å². The number of rotatable bonds is 14. The van der Waals surface area contributed by atoms with Crippen LogP contribution in [-0.4, -0.2) is 46.3 Å². The highest BCUT2D eigenvalue weighted by Crippen LogP contribution is 2.42. The van der Waals surface area contributed by atoms with Gasteiger partial charge in [0.25, 0.3) is 0 Å². The Morgan fingerprint density at radius 1 is 1.15 bits per heavy atom. The standard InChI is InChI=1S/C21H38O5Si/c1-9-20(25-15-24-8)21(23)19(12-13-22)11-10-14-26-27(16(2)3,17(4)5)18(6)7/h11,16-18,22H,1,10,12-15H2,2-8H3/b19-11+. The molecule has 0 atom stereocenters.